The highest BCUT2D eigenvalue weighted by atomic mass is 19.4. The second-order valence-corrected chi connectivity index (χ2v) is 8.79. The van der Waals surface area contributed by atoms with Gasteiger partial charge < -0.3 is 0 Å². The maximum atomic E-state index is 13.7. The van der Waals surface area contributed by atoms with Crippen LogP contribution in [0.1, 0.15) is 55.4 Å². The zero-order chi connectivity index (χ0) is 24.3. The Morgan fingerprint density at radius 1 is 0.818 bits per heavy atom. The molecule has 0 heterocycles. The van der Waals surface area contributed by atoms with Crippen molar-refractivity contribution < 1.29 is 26.7 Å². The molecule has 0 spiro atoms. The van der Waals surface area contributed by atoms with Crippen molar-refractivity contribution in [1.29, 1.82) is 0 Å². The van der Waals surface area contributed by atoms with E-state index in [2.05, 4.69) is 0 Å². The van der Waals surface area contributed by atoms with Gasteiger partial charge >= 0.3 is 6.18 Å². The number of benzene rings is 3. The third-order valence-electron chi connectivity index (χ3n) is 5.49. The van der Waals surface area contributed by atoms with E-state index in [1.165, 1.54) is 31.2 Å². The Labute approximate surface area is 190 Å². The van der Waals surface area contributed by atoms with Gasteiger partial charge in [0.2, 0.25) is 0 Å². The second kappa shape index (κ2) is 9.86. The first kappa shape index (κ1) is 24.6. The molecule has 0 bridgehead atoms. The first-order chi connectivity index (χ1) is 15.4. The van der Waals surface area contributed by atoms with Gasteiger partial charge in [0.15, 0.2) is 0 Å². The first-order valence-corrected chi connectivity index (χ1v) is 10.7. The summed E-state index contributed by atoms with van der Waals surface area (Å²) in [7, 11) is 0. The second-order valence-electron chi connectivity index (χ2n) is 8.79. The van der Waals surface area contributed by atoms with E-state index in [0.717, 1.165) is 23.8 Å². The topological polar surface area (TPSA) is 17.1 Å². The fraction of sp³-hybridized carbons (Fsp3) is 0.296. The number of alkyl halides is 3. The number of ketones is 1. The predicted octanol–water partition coefficient (Wildman–Crippen LogP) is 7.96. The van der Waals surface area contributed by atoms with E-state index in [1.807, 2.05) is 26.0 Å². The number of hydrogen-bond donors (Lipinski definition) is 0. The molecule has 6 heteroatoms. The standard InChI is InChI=1S/C27H25F5O/c1-16(2)8-26(17(3)33)22-11-18(9-19-12-24(28)15-25(29)13-19)10-21(14-22)20-4-6-23(7-5-20)27(30,31)32/h4-7,10-16,26H,8-9H2,1-3H3. The molecular weight excluding hydrogens is 435 g/mol. The lowest BCUT2D eigenvalue weighted by Gasteiger charge is -2.19. The Morgan fingerprint density at radius 3 is 1.91 bits per heavy atom. The number of carbonyl (C=O) groups excluding carboxylic acids is 1. The van der Waals surface area contributed by atoms with Gasteiger partial charge in [0.05, 0.1) is 5.56 Å². The minimum atomic E-state index is -4.44. The molecule has 1 nitrogen and oxygen atoms in total. The first-order valence-electron chi connectivity index (χ1n) is 10.7. The largest absolute Gasteiger partial charge is 0.416 e. The lowest BCUT2D eigenvalue weighted by Crippen LogP contribution is -2.12. The van der Waals surface area contributed by atoms with E-state index < -0.39 is 23.4 Å². The van der Waals surface area contributed by atoms with Crippen molar-refractivity contribution in [2.24, 2.45) is 5.92 Å². The zero-order valence-corrected chi connectivity index (χ0v) is 18.6. The minimum Gasteiger partial charge on any atom is -0.299 e. The summed E-state index contributed by atoms with van der Waals surface area (Å²) in [5.74, 6) is -1.54. The monoisotopic (exact) mass is 460 g/mol. The zero-order valence-electron chi connectivity index (χ0n) is 18.6. The summed E-state index contributed by atoms with van der Waals surface area (Å²) in [5, 5.41) is 0. The fourth-order valence-corrected chi connectivity index (χ4v) is 4.00. The summed E-state index contributed by atoms with van der Waals surface area (Å²) in [6, 6.07) is 13.5. The third-order valence-corrected chi connectivity index (χ3v) is 5.49. The van der Waals surface area contributed by atoms with Gasteiger partial charge in [-0.25, -0.2) is 8.78 Å². The van der Waals surface area contributed by atoms with Crippen molar-refractivity contribution in [3.63, 3.8) is 0 Å². The molecule has 0 aliphatic carbocycles. The van der Waals surface area contributed by atoms with Gasteiger partial charge in [-0.15, -0.1) is 0 Å². The van der Waals surface area contributed by atoms with Crippen LogP contribution in [0.5, 0.6) is 0 Å². The molecule has 33 heavy (non-hydrogen) atoms. The maximum Gasteiger partial charge on any atom is 0.416 e. The molecule has 0 radical (unpaired) electrons. The summed E-state index contributed by atoms with van der Waals surface area (Å²) < 4.78 is 66.3. The van der Waals surface area contributed by atoms with Gasteiger partial charge in [-0.1, -0.05) is 44.2 Å². The van der Waals surface area contributed by atoms with Crippen molar-refractivity contribution in [3.05, 3.63) is 94.6 Å². The summed E-state index contributed by atoms with van der Waals surface area (Å²) in [6.07, 6.45) is -3.62. The predicted molar refractivity (Wildman–Crippen MR) is 119 cm³/mol. The van der Waals surface area contributed by atoms with Crippen LogP contribution in [0.2, 0.25) is 0 Å². The molecule has 3 aromatic rings. The molecule has 1 atom stereocenters. The SMILES string of the molecule is CC(=O)C(CC(C)C)c1cc(Cc2cc(F)cc(F)c2)cc(-c2ccc(C(F)(F)F)cc2)c1. The van der Waals surface area contributed by atoms with Crippen molar-refractivity contribution in [2.45, 2.75) is 45.7 Å². The Balaban J connectivity index is 2.09. The van der Waals surface area contributed by atoms with E-state index in [0.29, 0.717) is 28.7 Å². The Kier molecular flexibility index (Phi) is 7.35. The highest BCUT2D eigenvalue weighted by molar-refractivity contribution is 5.84. The van der Waals surface area contributed by atoms with E-state index in [-0.39, 0.29) is 24.0 Å². The summed E-state index contributed by atoms with van der Waals surface area (Å²) >= 11 is 0. The highest BCUT2D eigenvalue weighted by Gasteiger charge is 2.30. The van der Waals surface area contributed by atoms with Crippen LogP contribution in [0.15, 0.2) is 60.7 Å². The van der Waals surface area contributed by atoms with E-state index in [4.69, 9.17) is 0 Å². The molecule has 3 rings (SSSR count). The average molecular weight is 460 g/mol. The van der Waals surface area contributed by atoms with Crippen molar-refractivity contribution in [3.8, 4) is 11.1 Å². The van der Waals surface area contributed by atoms with Crippen molar-refractivity contribution >= 4 is 5.78 Å². The van der Waals surface area contributed by atoms with Crippen molar-refractivity contribution in [2.75, 3.05) is 0 Å². The summed E-state index contributed by atoms with van der Waals surface area (Å²) in [4.78, 5) is 12.4. The van der Waals surface area contributed by atoms with Gasteiger partial charge in [-0.3, -0.25) is 4.79 Å². The molecule has 0 aliphatic heterocycles. The van der Waals surface area contributed by atoms with E-state index in [9.17, 15) is 26.7 Å². The molecule has 0 fully saturated rings. The quantitative estimate of drug-likeness (QED) is 0.327. The molecule has 0 aliphatic rings. The number of hydrogen-bond acceptors (Lipinski definition) is 1. The average Bonchev–Trinajstić information content (AvgIpc) is 2.70. The maximum absolute atomic E-state index is 13.7. The van der Waals surface area contributed by atoms with Crippen LogP contribution in [0.4, 0.5) is 22.0 Å². The van der Waals surface area contributed by atoms with Crippen LogP contribution >= 0.6 is 0 Å². The summed E-state index contributed by atoms with van der Waals surface area (Å²) in [6.45, 7) is 5.53. The van der Waals surface area contributed by atoms with E-state index >= 15 is 0 Å². The smallest absolute Gasteiger partial charge is 0.299 e. The molecule has 0 aromatic heterocycles. The van der Waals surface area contributed by atoms with Crippen molar-refractivity contribution in [1.82, 2.24) is 0 Å². The lowest BCUT2D eigenvalue weighted by atomic mass is 9.84. The Bertz CT molecular complexity index is 1110. The molecule has 3 aromatic carbocycles. The Hall–Kier alpha value is -3.02. The third kappa shape index (κ3) is 6.50. The number of carbonyl (C=O) groups is 1. The molecule has 0 N–H and O–H groups in total. The fourth-order valence-electron chi connectivity index (χ4n) is 4.00. The summed E-state index contributed by atoms with van der Waals surface area (Å²) in [5.41, 5.74) is 2.32. The molecular formula is C27H25F5O. The van der Waals surface area contributed by atoms with Crippen LogP contribution in [0, 0.1) is 17.6 Å². The van der Waals surface area contributed by atoms with Gasteiger partial charge in [0.1, 0.15) is 17.4 Å². The van der Waals surface area contributed by atoms with Gasteiger partial charge in [-0.2, -0.15) is 13.2 Å². The molecule has 174 valence electrons. The van der Waals surface area contributed by atoms with Gasteiger partial charge in [0.25, 0.3) is 0 Å². The minimum absolute atomic E-state index is 0.0176. The molecule has 1 unspecified atom stereocenters. The van der Waals surface area contributed by atoms with Crippen LogP contribution in [-0.2, 0) is 17.4 Å². The lowest BCUT2D eigenvalue weighted by molar-refractivity contribution is -0.137. The number of Topliss-reactive ketones (excluding diaryl/α,β-unsaturated/α-hetero) is 1. The van der Waals surface area contributed by atoms with Crippen LogP contribution in [0.3, 0.4) is 0 Å². The van der Waals surface area contributed by atoms with Gasteiger partial charge in [-0.05, 0) is 77.8 Å². The van der Waals surface area contributed by atoms with E-state index in [1.54, 1.807) is 6.07 Å². The number of rotatable bonds is 7. The van der Waals surface area contributed by atoms with Crippen LogP contribution in [-0.4, -0.2) is 5.78 Å². The highest BCUT2D eigenvalue weighted by Crippen LogP contribution is 2.34. The molecule has 0 saturated carbocycles. The normalized spacial score (nSPS) is 12.8. The number of halogens is 5. The van der Waals surface area contributed by atoms with Crippen LogP contribution in [0.25, 0.3) is 11.1 Å². The molecule has 0 amide bonds. The van der Waals surface area contributed by atoms with Crippen LogP contribution < -0.4 is 0 Å². The van der Waals surface area contributed by atoms with Gasteiger partial charge in [0, 0.05) is 12.0 Å². The molecule has 0 saturated heterocycles. The Morgan fingerprint density at radius 2 is 1.39 bits per heavy atom.